The highest BCUT2D eigenvalue weighted by atomic mass is 79.9. The van der Waals surface area contributed by atoms with Crippen molar-refractivity contribution in [1.82, 2.24) is 0 Å². The zero-order valence-corrected chi connectivity index (χ0v) is 11.9. The zero-order chi connectivity index (χ0) is 13.8. The molecule has 3 N–H and O–H groups in total. The summed E-state index contributed by atoms with van der Waals surface area (Å²) in [5.41, 5.74) is 7.43. The van der Waals surface area contributed by atoms with E-state index in [1.54, 1.807) is 37.4 Å². The summed E-state index contributed by atoms with van der Waals surface area (Å²) >= 11 is 3.30. The molecule has 5 heteroatoms. The second-order valence-corrected chi connectivity index (χ2v) is 4.75. The number of nitrogen functional groups attached to an aromatic ring is 1. The van der Waals surface area contributed by atoms with Crippen molar-refractivity contribution < 1.29 is 9.53 Å². The minimum Gasteiger partial charge on any atom is -0.495 e. The fourth-order valence-corrected chi connectivity index (χ4v) is 1.99. The van der Waals surface area contributed by atoms with Crippen molar-refractivity contribution in [2.45, 2.75) is 0 Å². The number of hydrogen-bond donors (Lipinski definition) is 2. The quantitative estimate of drug-likeness (QED) is 0.853. The molecular weight excluding hydrogens is 308 g/mol. The molecule has 0 radical (unpaired) electrons. The van der Waals surface area contributed by atoms with Gasteiger partial charge in [-0.3, -0.25) is 4.79 Å². The average molecular weight is 321 g/mol. The molecule has 0 aliphatic heterocycles. The first-order valence-electron chi connectivity index (χ1n) is 5.61. The van der Waals surface area contributed by atoms with Crippen LogP contribution in [0.15, 0.2) is 46.9 Å². The smallest absolute Gasteiger partial charge is 0.255 e. The summed E-state index contributed by atoms with van der Waals surface area (Å²) in [5, 5.41) is 2.80. The normalized spacial score (nSPS) is 10.0. The summed E-state index contributed by atoms with van der Waals surface area (Å²) in [4.78, 5) is 12.1. The van der Waals surface area contributed by atoms with Crippen LogP contribution in [0.1, 0.15) is 10.4 Å². The summed E-state index contributed by atoms with van der Waals surface area (Å²) in [6, 6.07) is 12.3. The molecule has 0 saturated heterocycles. The van der Waals surface area contributed by atoms with Gasteiger partial charge in [-0.2, -0.15) is 0 Å². The lowest BCUT2D eigenvalue weighted by molar-refractivity contribution is 0.102. The maximum atomic E-state index is 12.1. The van der Waals surface area contributed by atoms with E-state index in [2.05, 4.69) is 21.2 Å². The van der Waals surface area contributed by atoms with Gasteiger partial charge in [0.2, 0.25) is 0 Å². The third-order valence-electron chi connectivity index (χ3n) is 2.62. The van der Waals surface area contributed by atoms with Crippen molar-refractivity contribution in [3.8, 4) is 5.75 Å². The molecule has 1 amide bonds. The van der Waals surface area contributed by atoms with Crippen molar-refractivity contribution >= 4 is 33.2 Å². The number of carbonyl (C=O) groups is 1. The first kappa shape index (κ1) is 13.4. The maximum Gasteiger partial charge on any atom is 0.255 e. The second kappa shape index (κ2) is 5.75. The van der Waals surface area contributed by atoms with Gasteiger partial charge in [-0.05, 0) is 46.3 Å². The standard InChI is InChI=1S/C14H13BrN2O2/c1-19-13-5-3-2-4-12(13)17-14(18)9-6-7-11(16)10(15)8-9/h2-8H,16H2,1H3,(H,17,18). The summed E-state index contributed by atoms with van der Waals surface area (Å²) in [6.45, 7) is 0. The molecule has 4 nitrogen and oxygen atoms in total. The molecule has 98 valence electrons. The lowest BCUT2D eigenvalue weighted by Crippen LogP contribution is -2.12. The molecule has 0 bridgehead atoms. The largest absolute Gasteiger partial charge is 0.495 e. The van der Waals surface area contributed by atoms with Crippen LogP contribution in [0.5, 0.6) is 5.75 Å². The Labute approximate surface area is 119 Å². The maximum absolute atomic E-state index is 12.1. The van der Waals surface area contributed by atoms with E-state index in [0.29, 0.717) is 27.2 Å². The van der Waals surface area contributed by atoms with Crippen LogP contribution < -0.4 is 15.8 Å². The molecule has 2 aromatic rings. The molecule has 0 fully saturated rings. The fraction of sp³-hybridized carbons (Fsp3) is 0.0714. The Kier molecular flexibility index (Phi) is 4.06. The van der Waals surface area contributed by atoms with Crippen LogP contribution >= 0.6 is 15.9 Å². The summed E-state index contributed by atoms with van der Waals surface area (Å²) in [5.74, 6) is 0.399. The van der Waals surface area contributed by atoms with Crippen molar-refractivity contribution in [2.24, 2.45) is 0 Å². The van der Waals surface area contributed by atoms with Crippen LogP contribution in [0.4, 0.5) is 11.4 Å². The molecule has 0 atom stereocenters. The van der Waals surface area contributed by atoms with Gasteiger partial charge in [-0.1, -0.05) is 12.1 Å². The Morgan fingerprint density at radius 3 is 2.68 bits per heavy atom. The molecule has 0 aromatic heterocycles. The zero-order valence-electron chi connectivity index (χ0n) is 10.3. The number of methoxy groups -OCH3 is 1. The molecule has 0 unspecified atom stereocenters. The topological polar surface area (TPSA) is 64.3 Å². The highest BCUT2D eigenvalue weighted by molar-refractivity contribution is 9.10. The van der Waals surface area contributed by atoms with Gasteiger partial charge in [0.25, 0.3) is 5.91 Å². The molecule has 0 aliphatic carbocycles. The number of anilines is 2. The summed E-state index contributed by atoms with van der Waals surface area (Å²) in [7, 11) is 1.56. The first-order valence-corrected chi connectivity index (χ1v) is 6.40. The predicted molar refractivity (Wildman–Crippen MR) is 79.5 cm³/mol. The third kappa shape index (κ3) is 3.06. The van der Waals surface area contributed by atoms with Crippen molar-refractivity contribution in [3.05, 3.63) is 52.5 Å². The van der Waals surface area contributed by atoms with Gasteiger partial charge in [-0.15, -0.1) is 0 Å². The molecule has 2 aromatic carbocycles. The van der Waals surface area contributed by atoms with E-state index in [4.69, 9.17) is 10.5 Å². The molecule has 0 heterocycles. The summed E-state index contributed by atoms with van der Waals surface area (Å²) < 4.78 is 5.88. The Morgan fingerprint density at radius 2 is 2.00 bits per heavy atom. The highest BCUT2D eigenvalue weighted by Gasteiger charge is 2.10. The number of rotatable bonds is 3. The number of amides is 1. The van der Waals surface area contributed by atoms with Gasteiger partial charge in [0.05, 0.1) is 12.8 Å². The number of para-hydroxylation sites is 2. The van der Waals surface area contributed by atoms with E-state index < -0.39 is 0 Å². The van der Waals surface area contributed by atoms with Crippen LogP contribution in [0.2, 0.25) is 0 Å². The van der Waals surface area contributed by atoms with E-state index >= 15 is 0 Å². The first-order chi connectivity index (χ1) is 9.11. The lowest BCUT2D eigenvalue weighted by atomic mass is 10.2. The molecule has 0 saturated carbocycles. The van der Waals surface area contributed by atoms with Crippen molar-refractivity contribution in [3.63, 3.8) is 0 Å². The minimum absolute atomic E-state index is 0.217. The number of halogens is 1. The Bertz CT molecular complexity index is 614. The van der Waals surface area contributed by atoms with Gasteiger partial charge < -0.3 is 15.8 Å². The molecule has 19 heavy (non-hydrogen) atoms. The van der Waals surface area contributed by atoms with Gasteiger partial charge in [0.15, 0.2) is 0 Å². The molecular formula is C14H13BrN2O2. The van der Waals surface area contributed by atoms with Gasteiger partial charge in [0, 0.05) is 15.7 Å². The fourth-order valence-electron chi connectivity index (χ4n) is 1.61. The Balaban J connectivity index is 2.23. The van der Waals surface area contributed by atoms with Crippen molar-refractivity contribution in [1.29, 1.82) is 0 Å². The predicted octanol–water partition coefficient (Wildman–Crippen LogP) is 3.29. The Morgan fingerprint density at radius 1 is 1.26 bits per heavy atom. The van der Waals surface area contributed by atoms with Gasteiger partial charge in [-0.25, -0.2) is 0 Å². The van der Waals surface area contributed by atoms with Crippen LogP contribution in [-0.2, 0) is 0 Å². The molecule has 2 rings (SSSR count). The number of benzene rings is 2. The van der Waals surface area contributed by atoms with Crippen molar-refractivity contribution in [2.75, 3.05) is 18.2 Å². The van der Waals surface area contributed by atoms with Gasteiger partial charge >= 0.3 is 0 Å². The third-order valence-corrected chi connectivity index (χ3v) is 3.30. The lowest BCUT2D eigenvalue weighted by Gasteiger charge is -2.10. The number of carbonyl (C=O) groups excluding carboxylic acids is 1. The van der Waals surface area contributed by atoms with Crippen LogP contribution in [0.3, 0.4) is 0 Å². The van der Waals surface area contributed by atoms with E-state index in [-0.39, 0.29) is 5.91 Å². The average Bonchev–Trinajstić information content (AvgIpc) is 2.42. The highest BCUT2D eigenvalue weighted by Crippen LogP contribution is 2.25. The van der Waals surface area contributed by atoms with E-state index in [0.717, 1.165) is 0 Å². The van der Waals surface area contributed by atoms with Crippen LogP contribution in [0, 0.1) is 0 Å². The van der Waals surface area contributed by atoms with E-state index in [1.165, 1.54) is 0 Å². The van der Waals surface area contributed by atoms with Gasteiger partial charge in [0.1, 0.15) is 5.75 Å². The minimum atomic E-state index is -0.217. The van der Waals surface area contributed by atoms with Crippen LogP contribution in [-0.4, -0.2) is 13.0 Å². The molecule has 0 spiro atoms. The van der Waals surface area contributed by atoms with E-state index in [9.17, 15) is 4.79 Å². The summed E-state index contributed by atoms with van der Waals surface area (Å²) in [6.07, 6.45) is 0. The second-order valence-electron chi connectivity index (χ2n) is 3.89. The number of nitrogens with two attached hydrogens (primary N) is 1. The van der Waals surface area contributed by atoms with E-state index in [1.807, 2.05) is 12.1 Å². The number of ether oxygens (including phenoxy) is 1. The number of nitrogens with one attached hydrogen (secondary N) is 1. The monoisotopic (exact) mass is 320 g/mol. The SMILES string of the molecule is COc1ccccc1NC(=O)c1ccc(N)c(Br)c1. The Hall–Kier alpha value is -2.01. The molecule has 0 aliphatic rings. The number of hydrogen-bond acceptors (Lipinski definition) is 3. The van der Waals surface area contributed by atoms with Crippen LogP contribution in [0.25, 0.3) is 0 Å².